The Hall–Kier alpha value is -0.890. The predicted octanol–water partition coefficient (Wildman–Crippen LogP) is 2.96. The summed E-state index contributed by atoms with van der Waals surface area (Å²) in [5.74, 6) is 0. The summed E-state index contributed by atoms with van der Waals surface area (Å²) in [6, 6.07) is 0.0157. The van der Waals surface area contributed by atoms with Crippen molar-refractivity contribution in [2.45, 2.75) is 64.4 Å². The van der Waals surface area contributed by atoms with Crippen molar-refractivity contribution in [1.82, 2.24) is 15.6 Å². The van der Waals surface area contributed by atoms with Gasteiger partial charge in [0, 0.05) is 13.2 Å². The summed E-state index contributed by atoms with van der Waals surface area (Å²) in [6.45, 7) is 8.74. The maximum Gasteiger partial charge on any atom is 0.407 e. The summed E-state index contributed by atoms with van der Waals surface area (Å²) < 4.78 is 11.7. The number of ether oxygens (including phenoxy) is 2. The minimum atomic E-state index is -0.506. The van der Waals surface area contributed by atoms with E-state index < -0.39 is 11.7 Å². The van der Waals surface area contributed by atoms with Crippen molar-refractivity contribution >= 4 is 29.0 Å². The lowest BCUT2D eigenvalue weighted by atomic mass is 9.82. The first-order valence-electron chi connectivity index (χ1n) is 7.73. The van der Waals surface area contributed by atoms with Crippen molar-refractivity contribution in [2.24, 2.45) is 0 Å². The minimum Gasteiger partial charge on any atom is -0.444 e. The van der Waals surface area contributed by atoms with Crippen LogP contribution in [0.3, 0.4) is 0 Å². The molecule has 2 rings (SSSR count). The van der Waals surface area contributed by atoms with Crippen molar-refractivity contribution in [2.75, 3.05) is 6.61 Å². The van der Waals surface area contributed by atoms with Crippen molar-refractivity contribution in [3.8, 4) is 0 Å². The molecule has 23 heavy (non-hydrogen) atoms. The first-order chi connectivity index (χ1) is 10.8. The molecule has 0 aliphatic heterocycles. The zero-order chi connectivity index (χ0) is 17.0. The maximum atomic E-state index is 11.9. The van der Waals surface area contributed by atoms with E-state index in [9.17, 15) is 4.79 Å². The second-order valence-corrected chi connectivity index (χ2v) is 8.19. The Labute approximate surface area is 145 Å². The van der Waals surface area contributed by atoms with Crippen molar-refractivity contribution in [1.29, 1.82) is 0 Å². The molecule has 130 valence electrons. The Balaban J connectivity index is 1.87. The standard InChI is InChI=1S/C15H24ClN3O3S/c1-5-21-10-6-9(19-14(20)22-15(2,3)4)13(10)18-8-12-17-7-11(16)23-12/h7,9-10,13,18H,5-6,8H2,1-4H3,(H,19,20). The lowest BCUT2D eigenvalue weighted by molar-refractivity contribution is -0.0438. The van der Waals surface area contributed by atoms with Gasteiger partial charge in [-0.25, -0.2) is 9.78 Å². The summed E-state index contributed by atoms with van der Waals surface area (Å²) in [7, 11) is 0. The van der Waals surface area contributed by atoms with Crippen molar-refractivity contribution in [3.05, 3.63) is 15.5 Å². The molecule has 3 unspecified atom stereocenters. The smallest absolute Gasteiger partial charge is 0.407 e. The molecule has 8 heteroatoms. The zero-order valence-corrected chi connectivity index (χ0v) is 15.5. The van der Waals surface area contributed by atoms with Gasteiger partial charge in [-0.3, -0.25) is 0 Å². The minimum absolute atomic E-state index is 0.0168. The molecule has 3 atom stereocenters. The SMILES string of the molecule is CCOC1CC(NC(=O)OC(C)(C)C)C1NCc1ncc(Cl)s1. The second-order valence-electron chi connectivity index (χ2n) is 6.45. The molecule has 1 amide bonds. The van der Waals surface area contributed by atoms with E-state index in [-0.39, 0.29) is 18.2 Å². The van der Waals surface area contributed by atoms with Crippen LogP contribution < -0.4 is 10.6 Å². The van der Waals surface area contributed by atoms with Crippen LogP contribution >= 0.6 is 22.9 Å². The Morgan fingerprint density at radius 2 is 2.26 bits per heavy atom. The zero-order valence-electron chi connectivity index (χ0n) is 13.9. The van der Waals surface area contributed by atoms with Crippen LogP contribution in [0.25, 0.3) is 0 Å². The van der Waals surface area contributed by atoms with E-state index in [0.717, 1.165) is 11.4 Å². The largest absolute Gasteiger partial charge is 0.444 e. The van der Waals surface area contributed by atoms with Gasteiger partial charge in [-0.05, 0) is 34.1 Å². The summed E-state index contributed by atoms with van der Waals surface area (Å²) in [4.78, 5) is 16.1. The fourth-order valence-electron chi connectivity index (χ4n) is 2.45. The van der Waals surface area contributed by atoms with E-state index in [1.807, 2.05) is 27.7 Å². The Bertz CT molecular complexity index is 532. The van der Waals surface area contributed by atoms with E-state index in [1.54, 1.807) is 6.20 Å². The highest BCUT2D eigenvalue weighted by Gasteiger charge is 2.43. The Morgan fingerprint density at radius 3 is 2.83 bits per heavy atom. The monoisotopic (exact) mass is 361 g/mol. The van der Waals surface area contributed by atoms with E-state index >= 15 is 0 Å². The number of alkyl carbamates (subject to hydrolysis) is 1. The van der Waals surface area contributed by atoms with Crippen LogP contribution in [0.15, 0.2) is 6.20 Å². The summed E-state index contributed by atoms with van der Waals surface area (Å²) in [6.07, 6.45) is 2.08. The molecule has 1 heterocycles. The van der Waals surface area contributed by atoms with Gasteiger partial charge >= 0.3 is 6.09 Å². The van der Waals surface area contributed by atoms with Gasteiger partial charge in [0.05, 0.1) is 24.4 Å². The third-order valence-electron chi connectivity index (χ3n) is 3.42. The highest BCUT2D eigenvalue weighted by molar-refractivity contribution is 7.15. The molecule has 0 saturated heterocycles. The van der Waals surface area contributed by atoms with E-state index in [2.05, 4.69) is 15.6 Å². The molecule has 0 aromatic carbocycles. The van der Waals surface area contributed by atoms with Gasteiger partial charge in [0.15, 0.2) is 0 Å². The molecule has 1 aliphatic rings. The molecule has 0 spiro atoms. The number of thiazole rings is 1. The number of rotatable bonds is 6. The molecular weight excluding hydrogens is 338 g/mol. The van der Waals surface area contributed by atoms with Crippen LogP contribution in [-0.2, 0) is 16.0 Å². The summed E-state index contributed by atoms with van der Waals surface area (Å²) in [5, 5.41) is 7.21. The summed E-state index contributed by atoms with van der Waals surface area (Å²) >= 11 is 7.33. The van der Waals surface area contributed by atoms with Gasteiger partial charge in [0.2, 0.25) is 0 Å². The van der Waals surface area contributed by atoms with E-state index in [0.29, 0.717) is 17.5 Å². The van der Waals surface area contributed by atoms with Crippen LogP contribution in [0.2, 0.25) is 4.34 Å². The third-order valence-corrected chi connectivity index (χ3v) is 4.53. The highest BCUT2D eigenvalue weighted by atomic mass is 35.5. The van der Waals surface area contributed by atoms with Gasteiger partial charge in [0.1, 0.15) is 14.9 Å². The maximum absolute atomic E-state index is 11.9. The third kappa shape index (κ3) is 5.60. The fraction of sp³-hybridized carbons (Fsp3) is 0.733. The number of halogens is 1. The van der Waals surface area contributed by atoms with Crippen LogP contribution in [0, 0.1) is 0 Å². The average molecular weight is 362 g/mol. The van der Waals surface area contributed by atoms with Gasteiger partial charge < -0.3 is 20.1 Å². The lowest BCUT2D eigenvalue weighted by Gasteiger charge is -2.44. The first kappa shape index (κ1) is 18.4. The Morgan fingerprint density at radius 1 is 1.52 bits per heavy atom. The average Bonchev–Trinajstić information content (AvgIpc) is 2.81. The van der Waals surface area contributed by atoms with Gasteiger partial charge in [-0.1, -0.05) is 11.6 Å². The van der Waals surface area contributed by atoms with Crippen LogP contribution in [0.5, 0.6) is 0 Å². The number of carbonyl (C=O) groups is 1. The molecule has 0 radical (unpaired) electrons. The van der Waals surface area contributed by atoms with E-state index in [1.165, 1.54) is 11.3 Å². The first-order valence-corrected chi connectivity index (χ1v) is 8.92. The lowest BCUT2D eigenvalue weighted by Crippen LogP contribution is -2.66. The molecule has 2 N–H and O–H groups in total. The number of carbonyl (C=O) groups excluding carboxylic acids is 1. The molecule has 1 aromatic rings. The van der Waals surface area contributed by atoms with Gasteiger partial charge in [0.25, 0.3) is 0 Å². The number of amides is 1. The van der Waals surface area contributed by atoms with Gasteiger partial charge in [-0.2, -0.15) is 0 Å². The second kappa shape index (κ2) is 7.79. The van der Waals surface area contributed by atoms with Crippen molar-refractivity contribution < 1.29 is 14.3 Å². The predicted molar refractivity (Wildman–Crippen MR) is 90.9 cm³/mol. The van der Waals surface area contributed by atoms with Crippen molar-refractivity contribution in [3.63, 3.8) is 0 Å². The van der Waals surface area contributed by atoms with Crippen LogP contribution in [0.1, 0.15) is 39.1 Å². The van der Waals surface area contributed by atoms with Gasteiger partial charge in [-0.15, -0.1) is 11.3 Å². The molecule has 1 aliphatic carbocycles. The molecule has 1 saturated carbocycles. The topological polar surface area (TPSA) is 72.5 Å². The number of aromatic nitrogens is 1. The van der Waals surface area contributed by atoms with Crippen LogP contribution in [0.4, 0.5) is 4.79 Å². The molecule has 1 aromatic heterocycles. The quantitative estimate of drug-likeness (QED) is 0.815. The molecular formula is C15H24ClN3O3S. The Kier molecular flexibility index (Phi) is 6.25. The summed E-state index contributed by atoms with van der Waals surface area (Å²) in [5.41, 5.74) is -0.506. The number of nitrogens with one attached hydrogen (secondary N) is 2. The fourth-order valence-corrected chi connectivity index (χ4v) is 3.36. The number of hydrogen-bond acceptors (Lipinski definition) is 6. The molecule has 6 nitrogen and oxygen atoms in total. The normalized spacial score (nSPS) is 24.1. The molecule has 1 fully saturated rings. The number of hydrogen-bond donors (Lipinski definition) is 2. The number of nitrogens with zero attached hydrogens (tertiary/aromatic N) is 1. The van der Waals surface area contributed by atoms with E-state index in [4.69, 9.17) is 21.1 Å². The molecule has 0 bridgehead atoms. The van der Waals surface area contributed by atoms with Crippen LogP contribution in [-0.4, -0.2) is 41.5 Å². The highest BCUT2D eigenvalue weighted by Crippen LogP contribution is 2.26.